The SMILES string of the molecule is COc1cc(C)n(C)c(=O)c1-c1ccc(CC(N)C(=O)O)c2ccccc12. The molecule has 3 N–H and O–H groups in total. The van der Waals surface area contributed by atoms with Gasteiger partial charge in [-0.3, -0.25) is 9.59 Å². The first kappa shape index (κ1) is 18.7. The number of nitrogens with two attached hydrogens (primary N) is 1. The summed E-state index contributed by atoms with van der Waals surface area (Å²) in [5, 5.41) is 10.8. The molecule has 1 atom stereocenters. The molecular weight excluding hydrogens is 344 g/mol. The van der Waals surface area contributed by atoms with Crippen molar-refractivity contribution in [2.75, 3.05) is 7.11 Å². The van der Waals surface area contributed by atoms with E-state index in [4.69, 9.17) is 15.6 Å². The minimum atomic E-state index is -1.04. The normalized spacial score (nSPS) is 12.1. The van der Waals surface area contributed by atoms with Crippen LogP contribution >= 0.6 is 0 Å². The average molecular weight is 366 g/mol. The van der Waals surface area contributed by atoms with E-state index < -0.39 is 12.0 Å². The van der Waals surface area contributed by atoms with Gasteiger partial charge in [0.25, 0.3) is 5.56 Å². The Balaban J connectivity index is 2.29. The highest BCUT2D eigenvalue weighted by atomic mass is 16.5. The lowest BCUT2D eigenvalue weighted by atomic mass is 9.92. The number of rotatable bonds is 5. The zero-order valence-corrected chi connectivity index (χ0v) is 15.5. The predicted molar refractivity (Wildman–Crippen MR) is 105 cm³/mol. The van der Waals surface area contributed by atoms with E-state index >= 15 is 0 Å². The number of aliphatic carboxylic acids is 1. The third-order valence-corrected chi connectivity index (χ3v) is 4.89. The molecule has 0 aliphatic rings. The Bertz CT molecular complexity index is 1090. The van der Waals surface area contributed by atoms with Gasteiger partial charge in [-0.15, -0.1) is 0 Å². The summed E-state index contributed by atoms with van der Waals surface area (Å²) in [4.78, 5) is 24.1. The van der Waals surface area contributed by atoms with Crippen molar-refractivity contribution in [2.24, 2.45) is 12.8 Å². The maximum Gasteiger partial charge on any atom is 0.320 e. The number of nitrogens with zero attached hydrogens (tertiary/aromatic N) is 1. The molecule has 1 unspecified atom stereocenters. The van der Waals surface area contributed by atoms with Crippen molar-refractivity contribution < 1.29 is 14.6 Å². The molecule has 3 rings (SSSR count). The highest BCUT2D eigenvalue weighted by molar-refractivity contribution is 5.99. The third-order valence-electron chi connectivity index (χ3n) is 4.89. The molecule has 6 heteroatoms. The molecule has 3 aromatic rings. The Labute approximate surface area is 156 Å². The van der Waals surface area contributed by atoms with E-state index in [0.29, 0.717) is 11.3 Å². The van der Waals surface area contributed by atoms with Crippen LogP contribution < -0.4 is 16.0 Å². The van der Waals surface area contributed by atoms with Gasteiger partial charge in [0.05, 0.1) is 12.7 Å². The van der Waals surface area contributed by atoms with E-state index in [-0.39, 0.29) is 12.0 Å². The maximum absolute atomic E-state index is 13.0. The topological polar surface area (TPSA) is 94.5 Å². The zero-order chi connectivity index (χ0) is 19.7. The van der Waals surface area contributed by atoms with E-state index in [2.05, 4.69) is 0 Å². The second-order valence-corrected chi connectivity index (χ2v) is 6.56. The summed E-state index contributed by atoms with van der Waals surface area (Å²) in [6.45, 7) is 1.85. The monoisotopic (exact) mass is 366 g/mol. The molecule has 0 aliphatic heterocycles. The molecule has 0 spiro atoms. The van der Waals surface area contributed by atoms with E-state index in [0.717, 1.165) is 27.6 Å². The fourth-order valence-electron chi connectivity index (χ4n) is 3.28. The van der Waals surface area contributed by atoms with Crippen LogP contribution in [-0.4, -0.2) is 28.8 Å². The lowest BCUT2D eigenvalue weighted by Crippen LogP contribution is -2.32. The Kier molecular flexibility index (Phi) is 5.01. The summed E-state index contributed by atoms with van der Waals surface area (Å²) in [5.41, 5.74) is 8.43. The number of aryl methyl sites for hydroxylation is 1. The number of carboxylic acids is 1. The van der Waals surface area contributed by atoms with E-state index in [1.807, 2.05) is 49.4 Å². The zero-order valence-electron chi connectivity index (χ0n) is 15.5. The second-order valence-electron chi connectivity index (χ2n) is 6.56. The molecule has 27 heavy (non-hydrogen) atoms. The first-order valence-electron chi connectivity index (χ1n) is 8.59. The number of methoxy groups -OCH3 is 1. The van der Waals surface area contributed by atoms with Crippen molar-refractivity contribution in [1.29, 1.82) is 0 Å². The number of hydrogen-bond donors (Lipinski definition) is 2. The molecule has 0 radical (unpaired) electrons. The van der Waals surface area contributed by atoms with E-state index in [1.54, 1.807) is 18.7 Å². The van der Waals surface area contributed by atoms with Crippen molar-refractivity contribution >= 4 is 16.7 Å². The predicted octanol–water partition coefficient (Wildman–Crippen LogP) is 2.48. The van der Waals surface area contributed by atoms with Crippen LogP contribution in [0.1, 0.15) is 11.3 Å². The number of fused-ring (bicyclic) bond motifs is 1. The number of carboxylic acid groups (broad SMARTS) is 1. The molecule has 0 amide bonds. The summed E-state index contributed by atoms with van der Waals surface area (Å²) < 4.78 is 7.06. The fourth-order valence-corrected chi connectivity index (χ4v) is 3.28. The van der Waals surface area contributed by atoms with Crippen LogP contribution in [0.5, 0.6) is 5.75 Å². The average Bonchev–Trinajstić information content (AvgIpc) is 2.66. The summed E-state index contributed by atoms with van der Waals surface area (Å²) in [5.74, 6) is -0.534. The quantitative estimate of drug-likeness (QED) is 0.723. The molecule has 140 valence electrons. The lowest BCUT2D eigenvalue weighted by molar-refractivity contribution is -0.138. The number of hydrogen-bond acceptors (Lipinski definition) is 4. The molecule has 1 heterocycles. The molecule has 0 fully saturated rings. The van der Waals surface area contributed by atoms with Gasteiger partial charge in [-0.25, -0.2) is 0 Å². The van der Waals surface area contributed by atoms with E-state index in [9.17, 15) is 9.59 Å². The number of pyridine rings is 1. The highest BCUT2D eigenvalue weighted by Gasteiger charge is 2.19. The van der Waals surface area contributed by atoms with Crippen LogP contribution in [0.3, 0.4) is 0 Å². The van der Waals surface area contributed by atoms with Gasteiger partial charge < -0.3 is 20.1 Å². The molecule has 0 saturated carbocycles. The van der Waals surface area contributed by atoms with Crippen LogP contribution in [0.15, 0.2) is 47.3 Å². The Morgan fingerprint density at radius 2 is 1.89 bits per heavy atom. The van der Waals surface area contributed by atoms with Crippen molar-refractivity contribution in [3.63, 3.8) is 0 Å². The smallest absolute Gasteiger partial charge is 0.320 e. The summed E-state index contributed by atoms with van der Waals surface area (Å²) in [6, 6.07) is 12.1. The molecule has 6 nitrogen and oxygen atoms in total. The van der Waals surface area contributed by atoms with Crippen molar-refractivity contribution in [1.82, 2.24) is 4.57 Å². The first-order chi connectivity index (χ1) is 12.8. The van der Waals surface area contributed by atoms with Crippen LogP contribution in [0.25, 0.3) is 21.9 Å². The number of benzene rings is 2. The molecule has 0 aliphatic carbocycles. The largest absolute Gasteiger partial charge is 0.496 e. The first-order valence-corrected chi connectivity index (χ1v) is 8.59. The fraction of sp³-hybridized carbons (Fsp3) is 0.238. The summed E-state index contributed by atoms with van der Waals surface area (Å²) in [7, 11) is 3.27. The van der Waals surface area contributed by atoms with Gasteiger partial charge in [0, 0.05) is 18.8 Å². The minimum absolute atomic E-state index is 0.146. The van der Waals surface area contributed by atoms with Gasteiger partial charge in [-0.1, -0.05) is 36.4 Å². The Morgan fingerprint density at radius 1 is 1.22 bits per heavy atom. The van der Waals surface area contributed by atoms with Crippen LogP contribution in [0, 0.1) is 6.92 Å². The van der Waals surface area contributed by atoms with Crippen LogP contribution in [0.2, 0.25) is 0 Å². The van der Waals surface area contributed by atoms with Crippen molar-refractivity contribution in [3.8, 4) is 16.9 Å². The standard InChI is InChI=1S/C21H22N2O4/c1-12-10-18(27-3)19(20(24)23(12)2)16-9-8-13(11-17(22)21(25)26)14-6-4-5-7-15(14)16/h4-10,17H,11,22H2,1-3H3,(H,25,26). The highest BCUT2D eigenvalue weighted by Crippen LogP contribution is 2.34. The van der Waals surface area contributed by atoms with Crippen molar-refractivity contribution in [3.05, 3.63) is 64.1 Å². The van der Waals surface area contributed by atoms with Gasteiger partial charge in [0.15, 0.2) is 0 Å². The van der Waals surface area contributed by atoms with Gasteiger partial charge in [-0.2, -0.15) is 0 Å². The van der Waals surface area contributed by atoms with Crippen LogP contribution in [0.4, 0.5) is 0 Å². The Morgan fingerprint density at radius 3 is 2.52 bits per heavy atom. The third kappa shape index (κ3) is 3.31. The lowest BCUT2D eigenvalue weighted by Gasteiger charge is -2.16. The second kappa shape index (κ2) is 7.25. The number of carbonyl (C=O) groups is 1. The molecule has 0 bridgehead atoms. The van der Waals surface area contributed by atoms with Crippen LogP contribution in [-0.2, 0) is 18.3 Å². The maximum atomic E-state index is 13.0. The van der Waals surface area contributed by atoms with Gasteiger partial charge >= 0.3 is 5.97 Å². The summed E-state index contributed by atoms with van der Waals surface area (Å²) >= 11 is 0. The Hall–Kier alpha value is -3.12. The minimum Gasteiger partial charge on any atom is -0.496 e. The molecule has 2 aromatic carbocycles. The van der Waals surface area contributed by atoms with Gasteiger partial charge in [0.2, 0.25) is 0 Å². The number of ether oxygens (including phenoxy) is 1. The molecule has 1 aromatic heterocycles. The van der Waals surface area contributed by atoms with Gasteiger partial charge in [0.1, 0.15) is 11.8 Å². The summed E-state index contributed by atoms with van der Waals surface area (Å²) in [6.07, 6.45) is 0.208. The number of aromatic nitrogens is 1. The molecular formula is C21H22N2O4. The van der Waals surface area contributed by atoms with Crippen molar-refractivity contribution in [2.45, 2.75) is 19.4 Å². The van der Waals surface area contributed by atoms with Gasteiger partial charge in [-0.05, 0) is 35.2 Å². The molecule has 0 saturated heterocycles. The van der Waals surface area contributed by atoms with E-state index in [1.165, 1.54) is 0 Å².